The van der Waals surface area contributed by atoms with Crippen LogP contribution in [0.2, 0.25) is 0 Å². The first-order chi connectivity index (χ1) is 12.2. The number of amides is 1. The van der Waals surface area contributed by atoms with Crippen molar-refractivity contribution in [3.63, 3.8) is 0 Å². The van der Waals surface area contributed by atoms with Crippen molar-refractivity contribution in [2.24, 2.45) is 0 Å². The highest BCUT2D eigenvalue weighted by molar-refractivity contribution is 5.85. The first kappa shape index (κ1) is 16.5. The molecule has 134 valence electrons. The lowest BCUT2D eigenvalue weighted by molar-refractivity contribution is -0.134. The number of methoxy groups -OCH3 is 1. The van der Waals surface area contributed by atoms with Gasteiger partial charge in [0, 0.05) is 36.8 Å². The number of carbonyl (C=O) groups excluding carboxylic acids is 1. The molecule has 1 N–H and O–H groups in total. The number of nitrogens with zero attached hydrogens (tertiary/aromatic N) is 1. The van der Waals surface area contributed by atoms with E-state index in [1.54, 1.807) is 7.11 Å². The number of aromatic nitrogens is 1. The molecule has 0 aliphatic carbocycles. The Kier molecular flexibility index (Phi) is 4.66. The Bertz CT molecular complexity index is 740. The summed E-state index contributed by atoms with van der Waals surface area (Å²) in [6.45, 7) is 2.49. The molecule has 0 unspecified atom stereocenters. The molecule has 3 heterocycles. The summed E-state index contributed by atoms with van der Waals surface area (Å²) in [5.41, 5.74) is 2.49. The Morgan fingerprint density at radius 1 is 1.32 bits per heavy atom. The number of benzene rings is 1. The zero-order valence-electron chi connectivity index (χ0n) is 14.8. The Labute approximate surface area is 148 Å². The van der Waals surface area contributed by atoms with Gasteiger partial charge in [-0.15, -0.1) is 0 Å². The summed E-state index contributed by atoms with van der Waals surface area (Å²) >= 11 is 0. The number of ether oxygens (including phenoxy) is 2. The molecule has 2 aliphatic heterocycles. The number of hydrogen-bond donors (Lipinski definition) is 1. The predicted molar refractivity (Wildman–Crippen MR) is 97.0 cm³/mol. The molecular weight excluding hydrogens is 316 g/mol. The summed E-state index contributed by atoms with van der Waals surface area (Å²) in [5.74, 6) is 1.64. The van der Waals surface area contributed by atoms with Crippen LogP contribution >= 0.6 is 0 Å². The van der Waals surface area contributed by atoms with Crippen molar-refractivity contribution in [3.05, 3.63) is 30.0 Å². The van der Waals surface area contributed by atoms with Gasteiger partial charge in [-0.25, -0.2) is 0 Å². The van der Waals surface area contributed by atoms with E-state index >= 15 is 0 Å². The van der Waals surface area contributed by atoms with Gasteiger partial charge in [0.15, 0.2) is 0 Å². The van der Waals surface area contributed by atoms with Gasteiger partial charge in [-0.3, -0.25) is 4.79 Å². The minimum atomic E-state index is 0.145. The highest BCUT2D eigenvalue weighted by Gasteiger charge is 2.28. The fraction of sp³-hybridized carbons (Fsp3) is 0.550. The first-order valence-electron chi connectivity index (χ1n) is 9.29. The summed E-state index contributed by atoms with van der Waals surface area (Å²) < 4.78 is 11.0. The van der Waals surface area contributed by atoms with Crippen LogP contribution in [0, 0.1) is 0 Å². The van der Waals surface area contributed by atoms with Crippen LogP contribution in [0.5, 0.6) is 5.75 Å². The highest BCUT2D eigenvalue weighted by Crippen LogP contribution is 2.35. The van der Waals surface area contributed by atoms with Gasteiger partial charge in [0.25, 0.3) is 0 Å². The molecule has 0 spiro atoms. The van der Waals surface area contributed by atoms with Crippen molar-refractivity contribution in [2.75, 3.05) is 26.8 Å². The van der Waals surface area contributed by atoms with Crippen molar-refractivity contribution in [1.82, 2.24) is 9.88 Å². The zero-order valence-corrected chi connectivity index (χ0v) is 14.8. The fourth-order valence-electron chi connectivity index (χ4n) is 4.16. The fourth-order valence-corrected chi connectivity index (χ4v) is 4.16. The molecule has 0 saturated carbocycles. The van der Waals surface area contributed by atoms with Gasteiger partial charge in [-0.05, 0) is 55.4 Å². The van der Waals surface area contributed by atoms with E-state index in [9.17, 15) is 4.79 Å². The molecule has 5 nitrogen and oxygen atoms in total. The minimum Gasteiger partial charge on any atom is -0.497 e. The molecular formula is C20H26N2O3. The molecule has 1 amide bonds. The standard InChI is InChI=1S/C20H26N2O3/c1-24-15-4-5-19-17(11-15)18(13-21-19)14-6-8-22(9-7-14)20(23)12-16-3-2-10-25-16/h4-5,11,13-14,16,21H,2-3,6-10,12H2,1H3/t16-/m1/s1. The third-order valence-corrected chi connectivity index (χ3v) is 5.63. The predicted octanol–water partition coefficient (Wildman–Crippen LogP) is 3.45. The molecule has 0 radical (unpaired) electrons. The second-order valence-corrected chi connectivity index (χ2v) is 7.15. The average Bonchev–Trinajstić information content (AvgIpc) is 3.30. The summed E-state index contributed by atoms with van der Waals surface area (Å²) in [6, 6.07) is 6.16. The van der Waals surface area contributed by atoms with Crippen LogP contribution in [0.1, 0.15) is 43.6 Å². The highest BCUT2D eigenvalue weighted by atomic mass is 16.5. The van der Waals surface area contributed by atoms with Gasteiger partial charge in [0.05, 0.1) is 19.6 Å². The summed E-state index contributed by atoms with van der Waals surface area (Å²) in [4.78, 5) is 17.9. The first-order valence-corrected chi connectivity index (χ1v) is 9.29. The van der Waals surface area contributed by atoms with Gasteiger partial charge < -0.3 is 19.4 Å². The van der Waals surface area contributed by atoms with Crippen LogP contribution in [0.4, 0.5) is 0 Å². The third kappa shape index (κ3) is 3.38. The lowest BCUT2D eigenvalue weighted by atomic mass is 9.89. The maximum atomic E-state index is 12.5. The minimum absolute atomic E-state index is 0.145. The monoisotopic (exact) mass is 342 g/mol. The van der Waals surface area contributed by atoms with Gasteiger partial charge in [-0.2, -0.15) is 0 Å². The topological polar surface area (TPSA) is 54.6 Å². The van der Waals surface area contributed by atoms with Gasteiger partial charge in [-0.1, -0.05) is 0 Å². The van der Waals surface area contributed by atoms with Crippen LogP contribution in [0.15, 0.2) is 24.4 Å². The number of piperidine rings is 1. The summed E-state index contributed by atoms with van der Waals surface area (Å²) in [6.07, 6.45) is 6.96. The van der Waals surface area contributed by atoms with E-state index in [-0.39, 0.29) is 12.0 Å². The molecule has 0 bridgehead atoms. The van der Waals surface area contributed by atoms with Crippen LogP contribution < -0.4 is 4.74 Å². The summed E-state index contributed by atoms with van der Waals surface area (Å²) in [5, 5.41) is 1.24. The molecule has 25 heavy (non-hydrogen) atoms. The van der Waals surface area contributed by atoms with E-state index in [1.807, 2.05) is 11.0 Å². The Morgan fingerprint density at radius 3 is 2.88 bits per heavy atom. The average molecular weight is 342 g/mol. The van der Waals surface area contributed by atoms with E-state index in [4.69, 9.17) is 9.47 Å². The molecule has 4 rings (SSSR count). The number of likely N-dealkylation sites (tertiary alicyclic amines) is 1. The van der Waals surface area contributed by atoms with Crippen molar-refractivity contribution >= 4 is 16.8 Å². The number of nitrogens with one attached hydrogen (secondary N) is 1. The lowest BCUT2D eigenvalue weighted by Gasteiger charge is -2.32. The second kappa shape index (κ2) is 7.08. The zero-order chi connectivity index (χ0) is 17.2. The van der Waals surface area contributed by atoms with E-state index in [0.717, 1.165) is 56.6 Å². The van der Waals surface area contributed by atoms with Crippen LogP contribution in [-0.4, -0.2) is 48.7 Å². The lowest BCUT2D eigenvalue weighted by Crippen LogP contribution is -2.39. The Morgan fingerprint density at radius 2 is 2.16 bits per heavy atom. The molecule has 1 atom stereocenters. The van der Waals surface area contributed by atoms with Crippen LogP contribution in [0.3, 0.4) is 0 Å². The maximum absolute atomic E-state index is 12.5. The smallest absolute Gasteiger partial charge is 0.225 e. The van der Waals surface area contributed by atoms with E-state index in [1.165, 1.54) is 10.9 Å². The second-order valence-electron chi connectivity index (χ2n) is 7.15. The van der Waals surface area contributed by atoms with Crippen molar-refractivity contribution < 1.29 is 14.3 Å². The van der Waals surface area contributed by atoms with Crippen molar-refractivity contribution in [3.8, 4) is 5.75 Å². The van der Waals surface area contributed by atoms with Crippen molar-refractivity contribution in [2.45, 2.75) is 44.1 Å². The molecule has 1 aromatic heterocycles. The van der Waals surface area contributed by atoms with Gasteiger partial charge >= 0.3 is 0 Å². The van der Waals surface area contributed by atoms with E-state index in [2.05, 4.69) is 23.3 Å². The number of carbonyl (C=O) groups is 1. The normalized spacial score (nSPS) is 21.8. The van der Waals surface area contributed by atoms with Gasteiger partial charge in [0.2, 0.25) is 5.91 Å². The number of H-pyrrole nitrogens is 1. The SMILES string of the molecule is COc1ccc2[nH]cc(C3CCN(C(=O)C[C@H]4CCCO4)CC3)c2c1. The van der Waals surface area contributed by atoms with Crippen LogP contribution in [-0.2, 0) is 9.53 Å². The molecule has 2 aromatic rings. The molecule has 5 heteroatoms. The van der Waals surface area contributed by atoms with E-state index in [0.29, 0.717) is 12.3 Å². The molecule has 2 fully saturated rings. The summed E-state index contributed by atoms with van der Waals surface area (Å²) in [7, 11) is 1.70. The number of hydrogen-bond acceptors (Lipinski definition) is 3. The van der Waals surface area contributed by atoms with E-state index < -0.39 is 0 Å². The van der Waals surface area contributed by atoms with Crippen LogP contribution in [0.25, 0.3) is 10.9 Å². The van der Waals surface area contributed by atoms with Crippen molar-refractivity contribution in [1.29, 1.82) is 0 Å². The third-order valence-electron chi connectivity index (χ3n) is 5.63. The molecule has 2 aliphatic rings. The largest absolute Gasteiger partial charge is 0.497 e. The molecule has 1 aromatic carbocycles. The molecule has 2 saturated heterocycles. The number of fused-ring (bicyclic) bond motifs is 1. The quantitative estimate of drug-likeness (QED) is 0.926. The Hall–Kier alpha value is -2.01. The Balaban J connectivity index is 1.40. The number of rotatable bonds is 4. The number of aromatic amines is 1. The van der Waals surface area contributed by atoms with Gasteiger partial charge in [0.1, 0.15) is 5.75 Å². The maximum Gasteiger partial charge on any atom is 0.225 e.